The van der Waals surface area contributed by atoms with Crippen LogP contribution in [0.3, 0.4) is 0 Å². The summed E-state index contributed by atoms with van der Waals surface area (Å²) < 4.78 is 5.13. The second-order valence-electron chi connectivity index (χ2n) is 6.68. The third-order valence-electron chi connectivity index (χ3n) is 5.12. The Bertz CT molecular complexity index is 762. The fraction of sp³-hybridized carbons (Fsp3) is 0.316. The highest BCUT2D eigenvalue weighted by Gasteiger charge is 2.59. The van der Waals surface area contributed by atoms with Gasteiger partial charge in [-0.25, -0.2) is 4.79 Å². The maximum absolute atomic E-state index is 12.7. The number of nitrogens with zero attached hydrogens (tertiary/aromatic N) is 1. The SMILES string of the molecule is C=C(C)C(=O)Oc1ccc(N2C(=O)[C@@H]3[C@H](C2=O)[C@@H]2C=C[C@H]3C2)cc1. The van der Waals surface area contributed by atoms with Gasteiger partial charge in [0.15, 0.2) is 0 Å². The van der Waals surface area contributed by atoms with Crippen LogP contribution in [-0.4, -0.2) is 17.8 Å². The van der Waals surface area contributed by atoms with Crippen LogP contribution in [-0.2, 0) is 14.4 Å². The molecule has 2 fully saturated rings. The fourth-order valence-electron chi connectivity index (χ4n) is 4.01. The zero-order chi connectivity index (χ0) is 17.0. The lowest BCUT2D eigenvalue weighted by atomic mass is 9.85. The number of anilines is 1. The van der Waals surface area contributed by atoms with Crippen molar-refractivity contribution in [3.05, 3.63) is 48.6 Å². The van der Waals surface area contributed by atoms with Crippen molar-refractivity contribution in [3.63, 3.8) is 0 Å². The van der Waals surface area contributed by atoms with E-state index in [0.29, 0.717) is 17.0 Å². The smallest absolute Gasteiger partial charge is 0.338 e. The number of carbonyl (C=O) groups is 3. The Labute approximate surface area is 139 Å². The van der Waals surface area contributed by atoms with Crippen molar-refractivity contribution in [1.29, 1.82) is 0 Å². The first kappa shape index (κ1) is 14.9. The molecule has 24 heavy (non-hydrogen) atoms. The molecule has 3 aliphatic rings. The van der Waals surface area contributed by atoms with Gasteiger partial charge in [-0.3, -0.25) is 14.5 Å². The molecule has 0 spiro atoms. The molecule has 1 aromatic rings. The van der Waals surface area contributed by atoms with Gasteiger partial charge in [0.1, 0.15) is 5.75 Å². The second kappa shape index (κ2) is 5.16. The van der Waals surface area contributed by atoms with Crippen molar-refractivity contribution >= 4 is 23.5 Å². The molecule has 2 aliphatic carbocycles. The summed E-state index contributed by atoms with van der Waals surface area (Å²) >= 11 is 0. The van der Waals surface area contributed by atoms with Crippen LogP contribution in [0.5, 0.6) is 5.75 Å². The summed E-state index contributed by atoms with van der Waals surface area (Å²) in [5.41, 5.74) is 0.827. The normalized spacial score (nSPS) is 30.0. The van der Waals surface area contributed by atoms with E-state index in [1.54, 1.807) is 31.2 Å². The predicted octanol–water partition coefficient (Wildman–Crippen LogP) is 2.48. The Morgan fingerprint density at radius 1 is 1.08 bits per heavy atom. The number of rotatable bonds is 3. The molecule has 1 aromatic carbocycles. The lowest BCUT2D eigenvalue weighted by Crippen LogP contribution is -2.32. The van der Waals surface area contributed by atoms with E-state index in [1.807, 2.05) is 0 Å². The van der Waals surface area contributed by atoms with Gasteiger partial charge in [-0.05, 0) is 49.4 Å². The maximum Gasteiger partial charge on any atom is 0.338 e. The Kier molecular flexibility index (Phi) is 3.20. The van der Waals surface area contributed by atoms with Crippen molar-refractivity contribution in [2.45, 2.75) is 13.3 Å². The summed E-state index contributed by atoms with van der Waals surface area (Å²) in [7, 11) is 0. The molecule has 1 aliphatic heterocycles. The summed E-state index contributed by atoms with van der Waals surface area (Å²) in [6, 6.07) is 6.43. The highest BCUT2D eigenvalue weighted by Crippen LogP contribution is 2.53. The molecule has 0 N–H and O–H groups in total. The first-order valence-electron chi connectivity index (χ1n) is 8.01. The van der Waals surface area contributed by atoms with E-state index in [1.165, 1.54) is 4.90 Å². The number of benzene rings is 1. The number of hydrogen-bond donors (Lipinski definition) is 0. The van der Waals surface area contributed by atoms with Gasteiger partial charge >= 0.3 is 5.97 Å². The molecule has 5 nitrogen and oxygen atoms in total. The van der Waals surface area contributed by atoms with Crippen molar-refractivity contribution in [2.24, 2.45) is 23.7 Å². The van der Waals surface area contributed by atoms with Gasteiger partial charge in [0, 0.05) is 5.57 Å². The lowest BCUT2D eigenvalue weighted by Gasteiger charge is -2.17. The molecular formula is C19H17NO4. The topological polar surface area (TPSA) is 63.7 Å². The van der Waals surface area contributed by atoms with Crippen molar-refractivity contribution < 1.29 is 19.1 Å². The Morgan fingerprint density at radius 3 is 2.12 bits per heavy atom. The van der Waals surface area contributed by atoms with Gasteiger partial charge in [0.2, 0.25) is 11.8 Å². The highest BCUT2D eigenvalue weighted by molar-refractivity contribution is 6.22. The second-order valence-corrected chi connectivity index (χ2v) is 6.68. The number of allylic oxidation sites excluding steroid dienone is 2. The molecule has 0 radical (unpaired) electrons. The minimum Gasteiger partial charge on any atom is -0.423 e. The van der Waals surface area contributed by atoms with Crippen LogP contribution in [0.4, 0.5) is 5.69 Å². The Balaban J connectivity index is 1.57. The van der Waals surface area contributed by atoms with Gasteiger partial charge in [0.05, 0.1) is 17.5 Å². The average molecular weight is 323 g/mol. The summed E-state index contributed by atoms with van der Waals surface area (Å²) in [4.78, 5) is 38.2. The number of hydrogen-bond acceptors (Lipinski definition) is 4. The van der Waals surface area contributed by atoms with Gasteiger partial charge in [0.25, 0.3) is 0 Å². The molecule has 122 valence electrons. The molecule has 1 heterocycles. The molecule has 0 unspecified atom stereocenters. The van der Waals surface area contributed by atoms with Gasteiger partial charge in [-0.1, -0.05) is 18.7 Å². The molecule has 4 rings (SSSR count). The van der Waals surface area contributed by atoms with Crippen LogP contribution < -0.4 is 9.64 Å². The highest BCUT2D eigenvalue weighted by atomic mass is 16.5. The quantitative estimate of drug-likeness (QED) is 0.282. The van der Waals surface area contributed by atoms with Crippen LogP contribution in [0.1, 0.15) is 13.3 Å². The zero-order valence-corrected chi connectivity index (χ0v) is 13.3. The van der Waals surface area contributed by atoms with Gasteiger partial charge in [-0.2, -0.15) is 0 Å². The molecule has 5 heteroatoms. The van der Waals surface area contributed by atoms with E-state index < -0.39 is 5.97 Å². The predicted molar refractivity (Wildman–Crippen MR) is 87.1 cm³/mol. The number of fused-ring (bicyclic) bond motifs is 5. The van der Waals surface area contributed by atoms with Gasteiger partial charge < -0.3 is 4.74 Å². The molecule has 0 aromatic heterocycles. The molecule has 4 atom stereocenters. The standard InChI is InChI=1S/C19H17NO4/c1-10(2)19(23)24-14-7-5-13(6-8-14)20-17(21)15-11-3-4-12(9-11)16(15)18(20)22/h3-8,11-12,15-16H,1,9H2,2H3/t11-,12+,15-,16+. The Morgan fingerprint density at radius 2 is 1.62 bits per heavy atom. The van der Waals surface area contributed by atoms with Crippen LogP contribution >= 0.6 is 0 Å². The van der Waals surface area contributed by atoms with E-state index in [4.69, 9.17) is 4.74 Å². The minimum atomic E-state index is -0.506. The molecule has 2 bridgehead atoms. The monoisotopic (exact) mass is 323 g/mol. The summed E-state index contributed by atoms with van der Waals surface area (Å²) in [6.45, 7) is 5.09. The largest absolute Gasteiger partial charge is 0.423 e. The van der Waals surface area contributed by atoms with Crippen LogP contribution in [0.25, 0.3) is 0 Å². The van der Waals surface area contributed by atoms with Gasteiger partial charge in [-0.15, -0.1) is 0 Å². The van der Waals surface area contributed by atoms with Crippen molar-refractivity contribution in [1.82, 2.24) is 0 Å². The third-order valence-corrected chi connectivity index (χ3v) is 5.12. The van der Waals surface area contributed by atoms with E-state index >= 15 is 0 Å². The number of ether oxygens (including phenoxy) is 1. The molecular weight excluding hydrogens is 306 g/mol. The van der Waals surface area contributed by atoms with Crippen LogP contribution in [0, 0.1) is 23.7 Å². The van der Waals surface area contributed by atoms with E-state index in [9.17, 15) is 14.4 Å². The number of imide groups is 1. The van der Waals surface area contributed by atoms with E-state index in [2.05, 4.69) is 18.7 Å². The van der Waals surface area contributed by atoms with E-state index in [0.717, 1.165) is 6.42 Å². The molecule has 2 amide bonds. The number of amides is 2. The first-order valence-corrected chi connectivity index (χ1v) is 8.01. The summed E-state index contributed by atoms with van der Waals surface area (Å²) in [6.07, 6.45) is 5.05. The summed E-state index contributed by atoms with van der Waals surface area (Å²) in [5, 5.41) is 0. The average Bonchev–Trinajstić information content (AvgIpc) is 3.22. The minimum absolute atomic E-state index is 0.117. The van der Waals surface area contributed by atoms with Crippen LogP contribution in [0.2, 0.25) is 0 Å². The van der Waals surface area contributed by atoms with E-state index in [-0.39, 0.29) is 35.5 Å². The first-order chi connectivity index (χ1) is 11.5. The van der Waals surface area contributed by atoms with Crippen molar-refractivity contribution in [2.75, 3.05) is 4.90 Å². The Hall–Kier alpha value is -2.69. The zero-order valence-electron chi connectivity index (χ0n) is 13.3. The number of carbonyl (C=O) groups excluding carboxylic acids is 3. The van der Waals surface area contributed by atoms with Crippen molar-refractivity contribution in [3.8, 4) is 5.75 Å². The fourth-order valence-corrected chi connectivity index (χ4v) is 4.01. The molecule has 1 saturated heterocycles. The number of esters is 1. The summed E-state index contributed by atoms with van der Waals surface area (Å²) in [5.74, 6) is -0.431. The third kappa shape index (κ3) is 2.04. The lowest BCUT2D eigenvalue weighted by molar-refractivity contribution is -0.130. The van der Waals surface area contributed by atoms with Crippen LogP contribution in [0.15, 0.2) is 48.6 Å². The molecule has 1 saturated carbocycles. The maximum atomic E-state index is 12.7.